The highest BCUT2D eigenvalue weighted by atomic mass is 31.2. The van der Waals surface area contributed by atoms with Gasteiger partial charge in [0.05, 0.1) is 12.4 Å². The molecule has 2 heterocycles. The molecule has 2 atom stereocenters. The molecule has 0 saturated carbocycles. The van der Waals surface area contributed by atoms with Gasteiger partial charge < -0.3 is 25.4 Å². The Morgan fingerprint density at radius 3 is 2.82 bits per heavy atom. The molecule has 0 fully saturated rings. The minimum absolute atomic E-state index is 0.0568. The minimum Gasteiger partial charge on any atom is -0.378 e. The second-order valence-corrected chi connectivity index (χ2v) is 6.29. The molecule has 0 amide bonds. The summed E-state index contributed by atoms with van der Waals surface area (Å²) < 4.78 is 17.7. The molecule has 22 heavy (non-hydrogen) atoms. The first-order chi connectivity index (χ1) is 10.2. The van der Waals surface area contributed by atoms with E-state index in [1.165, 1.54) is 10.9 Å². The molecule has 0 aliphatic carbocycles. The second-order valence-electron chi connectivity index (χ2n) is 4.58. The van der Waals surface area contributed by atoms with Crippen molar-refractivity contribution >= 4 is 24.7 Å². The second kappa shape index (κ2) is 6.15. The van der Waals surface area contributed by atoms with Crippen molar-refractivity contribution in [3.63, 3.8) is 0 Å². The molecule has 0 saturated heterocycles. The molecule has 12 heteroatoms. The lowest BCUT2D eigenvalue weighted by atomic mass is 10.3. The monoisotopic (exact) mass is 333 g/mol. The van der Waals surface area contributed by atoms with Crippen molar-refractivity contribution in [3.8, 4) is 0 Å². The third-order valence-electron chi connectivity index (χ3n) is 3.00. The van der Waals surface area contributed by atoms with E-state index in [0.29, 0.717) is 0 Å². The number of hydrogen-bond acceptors (Lipinski definition) is 7. The normalized spacial score (nSPS) is 15.1. The number of imidazole rings is 1. The molecule has 2 aromatic rings. The van der Waals surface area contributed by atoms with Crippen LogP contribution in [0.5, 0.6) is 0 Å². The predicted octanol–water partition coefficient (Wildman–Crippen LogP) is -1.05. The van der Waals surface area contributed by atoms with E-state index in [-0.39, 0.29) is 30.3 Å². The average molecular weight is 333 g/mol. The standard InChI is InChI=1S/C10H16N5O6P/c1-2-5(9(17)22(18,19)20)21-4-15-3-12-6-7(15)13-10(11)14-8(6)16/h3,5,9,17H,2,4H2,1H3,(H2,18,19,20)(H3,11,13,14,16)/t5-,9?/m1/s1. The Hall–Kier alpha value is -1.78. The molecular weight excluding hydrogens is 317 g/mol. The molecular formula is C10H16N5O6P. The van der Waals surface area contributed by atoms with E-state index >= 15 is 0 Å². The minimum atomic E-state index is -4.68. The number of aliphatic hydroxyl groups excluding tert-OH is 1. The van der Waals surface area contributed by atoms with E-state index in [1.54, 1.807) is 6.92 Å². The first kappa shape index (κ1) is 16.6. The Morgan fingerprint density at radius 1 is 1.55 bits per heavy atom. The number of aliphatic hydroxyl groups is 1. The highest BCUT2D eigenvalue weighted by Gasteiger charge is 2.34. The Balaban J connectivity index is 2.21. The van der Waals surface area contributed by atoms with Crippen LogP contribution >= 0.6 is 7.60 Å². The molecule has 0 aromatic carbocycles. The number of nitrogens with zero attached hydrogens (tertiary/aromatic N) is 3. The number of aromatic nitrogens is 4. The number of nitrogens with one attached hydrogen (secondary N) is 1. The molecule has 122 valence electrons. The van der Waals surface area contributed by atoms with Crippen molar-refractivity contribution in [2.45, 2.75) is 32.0 Å². The van der Waals surface area contributed by atoms with Crippen LogP contribution in [0.25, 0.3) is 11.2 Å². The van der Waals surface area contributed by atoms with Gasteiger partial charge in [0, 0.05) is 0 Å². The first-order valence-electron chi connectivity index (χ1n) is 6.29. The first-order valence-corrected chi connectivity index (χ1v) is 7.97. The van der Waals surface area contributed by atoms with Crippen molar-refractivity contribution in [1.82, 2.24) is 19.5 Å². The average Bonchev–Trinajstić information content (AvgIpc) is 2.81. The smallest absolute Gasteiger partial charge is 0.356 e. The van der Waals surface area contributed by atoms with Crippen LogP contribution in [-0.4, -0.2) is 46.4 Å². The van der Waals surface area contributed by atoms with Crippen LogP contribution in [-0.2, 0) is 16.0 Å². The number of H-pyrrole nitrogens is 1. The summed E-state index contributed by atoms with van der Waals surface area (Å²) in [4.78, 5) is 39.6. The van der Waals surface area contributed by atoms with Crippen LogP contribution < -0.4 is 11.3 Å². The van der Waals surface area contributed by atoms with Crippen LogP contribution in [0.2, 0.25) is 0 Å². The zero-order valence-electron chi connectivity index (χ0n) is 11.6. The lowest BCUT2D eigenvalue weighted by molar-refractivity contribution is -0.0450. The number of hydrogen-bond donors (Lipinski definition) is 5. The molecule has 0 radical (unpaired) electrons. The highest BCUT2D eigenvalue weighted by molar-refractivity contribution is 7.52. The molecule has 2 rings (SSSR count). The summed E-state index contributed by atoms with van der Waals surface area (Å²) in [6, 6.07) is 0. The van der Waals surface area contributed by atoms with Gasteiger partial charge in [0.15, 0.2) is 17.0 Å². The van der Waals surface area contributed by atoms with Gasteiger partial charge in [0.2, 0.25) is 5.95 Å². The number of aromatic amines is 1. The van der Waals surface area contributed by atoms with Gasteiger partial charge in [-0.25, -0.2) is 4.98 Å². The van der Waals surface area contributed by atoms with Gasteiger partial charge in [0.1, 0.15) is 6.73 Å². The Morgan fingerprint density at radius 2 is 2.23 bits per heavy atom. The summed E-state index contributed by atoms with van der Waals surface area (Å²) in [5.74, 6) is -2.03. The van der Waals surface area contributed by atoms with Crippen molar-refractivity contribution in [1.29, 1.82) is 0 Å². The third kappa shape index (κ3) is 3.34. The number of ether oxygens (including phenoxy) is 1. The fourth-order valence-corrected chi connectivity index (χ4v) is 2.60. The Kier molecular flexibility index (Phi) is 4.63. The fourth-order valence-electron chi connectivity index (χ4n) is 1.87. The summed E-state index contributed by atoms with van der Waals surface area (Å²) in [5, 5.41) is 9.57. The topological polar surface area (TPSA) is 177 Å². The van der Waals surface area contributed by atoms with Gasteiger partial charge >= 0.3 is 7.60 Å². The number of fused-ring (bicyclic) bond motifs is 1. The van der Waals surface area contributed by atoms with Crippen molar-refractivity contribution in [2.75, 3.05) is 5.73 Å². The summed E-state index contributed by atoms with van der Waals surface area (Å²) in [7, 11) is -4.68. The van der Waals surface area contributed by atoms with Gasteiger partial charge in [-0.3, -0.25) is 18.9 Å². The molecule has 11 nitrogen and oxygen atoms in total. The molecule has 0 spiro atoms. The SMILES string of the molecule is CC[C@@H](OCn1cnc2c(=O)[nH]c(N)nc21)C(O)P(=O)(O)O. The van der Waals surface area contributed by atoms with Gasteiger partial charge in [-0.15, -0.1) is 0 Å². The van der Waals surface area contributed by atoms with Crippen molar-refractivity contribution in [3.05, 3.63) is 16.7 Å². The fraction of sp³-hybridized carbons (Fsp3) is 0.500. The maximum absolute atomic E-state index is 11.6. The zero-order chi connectivity index (χ0) is 16.5. The van der Waals surface area contributed by atoms with Crippen LogP contribution in [0.3, 0.4) is 0 Å². The van der Waals surface area contributed by atoms with Crippen molar-refractivity contribution < 1.29 is 24.2 Å². The number of nitrogen functional groups attached to an aromatic ring is 1. The number of anilines is 1. The van der Waals surface area contributed by atoms with E-state index in [1.807, 2.05) is 0 Å². The van der Waals surface area contributed by atoms with Crippen LogP contribution in [0.1, 0.15) is 13.3 Å². The van der Waals surface area contributed by atoms with E-state index in [4.69, 9.17) is 20.3 Å². The maximum Gasteiger partial charge on any atom is 0.356 e. The van der Waals surface area contributed by atoms with Crippen molar-refractivity contribution in [2.24, 2.45) is 0 Å². The van der Waals surface area contributed by atoms with E-state index < -0.39 is 25.1 Å². The lowest BCUT2D eigenvalue weighted by Gasteiger charge is -2.22. The summed E-state index contributed by atoms with van der Waals surface area (Å²) in [5.41, 5.74) is 5.16. The summed E-state index contributed by atoms with van der Waals surface area (Å²) >= 11 is 0. The summed E-state index contributed by atoms with van der Waals surface area (Å²) in [6.07, 6.45) is 0.371. The van der Waals surface area contributed by atoms with E-state index in [2.05, 4.69) is 15.0 Å². The van der Waals surface area contributed by atoms with Crippen LogP contribution in [0, 0.1) is 0 Å². The highest BCUT2D eigenvalue weighted by Crippen LogP contribution is 2.42. The molecule has 1 unspecified atom stereocenters. The van der Waals surface area contributed by atoms with E-state index in [9.17, 15) is 14.5 Å². The summed E-state index contributed by atoms with van der Waals surface area (Å²) in [6.45, 7) is 1.40. The van der Waals surface area contributed by atoms with E-state index in [0.717, 1.165) is 0 Å². The molecule has 0 bridgehead atoms. The van der Waals surface area contributed by atoms with Gasteiger partial charge in [-0.2, -0.15) is 4.98 Å². The number of rotatable bonds is 6. The maximum atomic E-state index is 11.6. The third-order valence-corrected chi connectivity index (χ3v) is 4.02. The van der Waals surface area contributed by atoms with Gasteiger partial charge in [-0.05, 0) is 6.42 Å². The quantitative estimate of drug-likeness (QED) is 0.413. The molecule has 0 aliphatic heterocycles. The molecule has 6 N–H and O–H groups in total. The zero-order valence-corrected chi connectivity index (χ0v) is 12.5. The molecule has 2 aromatic heterocycles. The Bertz CT molecular complexity index is 767. The largest absolute Gasteiger partial charge is 0.378 e. The van der Waals surface area contributed by atoms with Crippen LogP contribution in [0.15, 0.2) is 11.1 Å². The lowest BCUT2D eigenvalue weighted by Crippen LogP contribution is -2.29. The van der Waals surface area contributed by atoms with Gasteiger partial charge in [-0.1, -0.05) is 6.92 Å². The molecule has 0 aliphatic rings. The van der Waals surface area contributed by atoms with Crippen LogP contribution in [0.4, 0.5) is 5.95 Å². The predicted molar refractivity (Wildman–Crippen MR) is 75.8 cm³/mol. The van der Waals surface area contributed by atoms with Gasteiger partial charge in [0.25, 0.3) is 5.56 Å². The Labute approximate surface area is 123 Å². The number of nitrogens with two attached hydrogens (primary N) is 1.